The predicted molar refractivity (Wildman–Crippen MR) is 106 cm³/mol. The van der Waals surface area contributed by atoms with Crippen LogP contribution in [-0.2, 0) is 0 Å². The van der Waals surface area contributed by atoms with Crippen molar-refractivity contribution >= 4 is 5.91 Å². The van der Waals surface area contributed by atoms with Gasteiger partial charge in [-0.15, -0.1) is 0 Å². The number of likely N-dealkylation sites (tertiary alicyclic amines) is 1. The van der Waals surface area contributed by atoms with Crippen LogP contribution in [0, 0.1) is 0 Å². The van der Waals surface area contributed by atoms with Crippen molar-refractivity contribution in [3.05, 3.63) is 72.6 Å². The number of benzene rings is 2. The molecule has 1 fully saturated rings. The second-order valence-corrected chi connectivity index (χ2v) is 6.62. The standard InChI is InChI=1S/C22H21N3O4/c1-27-20-13-23-14-21(24-20)29-19-11-12-25(15-19)22(26)16-7-9-18(10-8-16)28-17-5-3-2-4-6-17/h2-10,13-14,19H,11-12,15H2,1H3. The number of para-hydroxylation sites is 1. The van der Waals surface area contributed by atoms with E-state index in [9.17, 15) is 4.79 Å². The summed E-state index contributed by atoms with van der Waals surface area (Å²) in [5.41, 5.74) is 0.618. The highest BCUT2D eigenvalue weighted by molar-refractivity contribution is 5.94. The second-order valence-electron chi connectivity index (χ2n) is 6.62. The number of hydrogen-bond acceptors (Lipinski definition) is 6. The van der Waals surface area contributed by atoms with Crippen LogP contribution >= 0.6 is 0 Å². The Bertz CT molecular complexity index is 963. The molecule has 2 aromatic carbocycles. The van der Waals surface area contributed by atoms with Crippen molar-refractivity contribution in [2.75, 3.05) is 20.2 Å². The zero-order valence-electron chi connectivity index (χ0n) is 16.0. The van der Waals surface area contributed by atoms with Gasteiger partial charge in [0.2, 0.25) is 11.8 Å². The lowest BCUT2D eigenvalue weighted by Gasteiger charge is -2.17. The third-order valence-corrected chi connectivity index (χ3v) is 4.60. The lowest BCUT2D eigenvalue weighted by atomic mass is 10.2. The molecule has 0 spiro atoms. The van der Waals surface area contributed by atoms with Gasteiger partial charge in [0.15, 0.2) is 0 Å². The highest BCUT2D eigenvalue weighted by Gasteiger charge is 2.28. The molecule has 7 heteroatoms. The molecule has 1 amide bonds. The number of nitrogens with zero attached hydrogens (tertiary/aromatic N) is 3. The topological polar surface area (TPSA) is 73.8 Å². The fraction of sp³-hybridized carbons (Fsp3) is 0.227. The molecule has 4 rings (SSSR count). The number of aromatic nitrogens is 2. The Morgan fingerprint density at radius 3 is 2.48 bits per heavy atom. The van der Waals surface area contributed by atoms with E-state index in [-0.39, 0.29) is 12.0 Å². The Morgan fingerprint density at radius 1 is 1.00 bits per heavy atom. The first-order chi connectivity index (χ1) is 14.2. The minimum atomic E-state index is -0.124. The molecule has 0 N–H and O–H groups in total. The van der Waals surface area contributed by atoms with E-state index in [4.69, 9.17) is 14.2 Å². The number of carbonyl (C=O) groups excluding carboxylic acids is 1. The first-order valence-corrected chi connectivity index (χ1v) is 9.36. The lowest BCUT2D eigenvalue weighted by molar-refractivity contribution is 0.0771. The van der Waals surface area contributed by atoms with Crippen LogP contribution in [0.4, 0.5) is 0 Å². The molecule has 3 aromatic rings. The van der Waals surface area contributed by atoms with Crippen molar-refractivity contribution < 1.29 is 19.0 Å². The Balaban J connectivity index is 1.35. The molecule has 0 bridgehead atoms. The quantitative estimate of drug-likeness (QED) is 0.640. The van der Waals surface area contributed by atoms with Gasteiger partial charge in [0.25, 0.3) is 5.91 Å². The summed E-state index contributed by atoms with van der Waals surface area (Å²) < 4.78 is 16.7. The van der Waals surface area contributed by atoms with Gasteiger partial charge < -0.3 is 19.1 Å². The Hall–Kier alpha value is -3.61. The van der Waals surface area contributed by atoms with Crippen molar-refractivity contribution in [1.82, 2.24) is 14.9 Å². The molecule has 0 aliphatic carbocycles. The molecule has 1 atom stereocenters. The molecule has 1 aliphatic rings. The summed E-state index contributed by atoms with van der Waals surface area (Å²) in [7, 11) is 1.53. The van der Waals surface area contributed by atoms with Gasteiger partial charge in [0.1, 0.15) is 17.6 Å². The third kappa shape index (κ3) is 4.63. The Labute approximate surface area is 168 Å². The minimum Gasteiger partial charge on any atom is -0.480 e. The molecule has 7 nitrogen and oxygen atoms in total. The van der Waals surface area contributed by atoms with Gasteiger partial charge in [-0.2, -0.15) is 4.98 Å². The number of ether oxygens (including phenoxy) is 3. The fourth-order valence-electron chi connectivity index (χ4n) is 3.14. The smallest absolute Gasteiger partial charge is 0.253 e. The van der Waals surface area contributed by atoms with Crippen molar-refractivity contribution in [3.63, 3.8) is 0 Å². The van der Waals surface area contributed by atoms with E-state index in [0.29, 0.717) is 36.2 Å². The van der Waals surface area contributed by atoms with Crippen LogP contribution in [0.25, 0.3) is 0 Å². The van der Waals surface area contributed by atoms with Crippen LogP contribution in [0.2, 0.25) is 0 Å². The van der Waals surface area contributed by atoms with Crippen molar-refractivity contribution in [2.24, 2.45) is 0 Å². The number of methoxy groups -OCH3 is 1. The van der Waals surface area contributed by atoms with Crippen molar-refractivity contribution in [2.45, 2.75) is 12.5 Å². The number of amides is 1. The van der Waals surface area contributed by atoms with E-state index in [1.807, 2.05) is 30.3 Å². The average Bonchev–Trinajstić information content (AvgIpc) is 3.23. The lowest BCUT2D eigenvalue weighted by Crippen LogP contribution is -2.31. The first-order valence-electron chi connectivity index (χ1n) is 9.36. The first kappa shape index (κ1) is 18.7. The van der Waals surface area contributed by atoms with E-state index in [2.05, 4.69) is 9.97 Å². The number of rotatable bonds is 6. The van der Waals surface area contributed by atoms with Gasteiger partial charge in [0.05, 0.1) is 26.0 Å². The summed E-state index contributed by atoms with van der Waals surface area (Å²) in [6, 6.07) is 16.7. The van der Waals surface area contributed by atoms with Crippen LogP contribution < -0.4 is 14.2 Å². The summed E-state index contributed by atoms with van der Waals surface area (Å²) in [6.45, 7) is 1.13. The maximum atomic E-state index is 12.8. The number of carbonyl (C=O) groups is 1. The molecule has 29 heavy (non-hydrogen) atoms. The second kappa shape index (κ2) is 8.60. The fourth-order valence-corrected chi connectivity index (χ4v) is 3.14. The summed E-state index contributed by atoms with van der Waals surface area (Å²) in [4.78, 5) is 22.8. The van der Waals surface area contributed by atoms with E-state index in [1.165, 1.54) is 13.3 Å². The van der Waals surface area contributed by atoms with Gasteiger partial charge in [-0.25, -0.2) is 0 Å². The molecule has 1 aromatic heterocycles. The van der Waals surface area contributed by atoms with Gasteiger partial charge in [-0.05, 0) is 36.4 Å². The average molecular weight is 391 g/mol. The molecule has 148 valence electrons. The molecular weight excluding hydrogens is 370 g/mol. The van der Waals surface area contributed by atoms with Crippen molar-refractivity contribution in [3.8, 4) is 23.3 Å². The monoisotopic (exact) mass is 391 g/mol. The largest absolute Gasteiger partial charge is 0.480 e. The van der Waals surface area contributed by atoms with E-state index < -0.39 is 0 Å². The molecule has 1 unspecified atom stereocenters. The zero-order chi connectivity index (χ0) is 20.1. The van der Waals surface area contributed by atoms with E-state index >= 15 is 0 Å². The zero-order valence-corrected chi connectivity index (χ0v) is 16.0. The molecule has 0 saturated carbocycles. The number of hydrogen-bond donors (Lipinski definition) is 0. The normalized spacial score (nSPS) is 15.8. The van der Waals surface area contributed by atoms with Crippen LogP contribution in [0.5, 0.6) is 23.3 Å². The van der Waals surface area contributed by atoms with Gasteiger partial charge in [-0.1, -0.05) is 18.2 Å². The van der Waals surface area contributed by atoms with Gasteiger partial charge >= 0.3 is 0 Å². The summed E-state index contributed by atoms with van der Waals surface area (Å²) in [6.07, 6.45) is 3.67. The summed E-state index contributed by atoms with van der Waals surface area (Å²) >= 11 is 0. The molecule has 1 aliphatic heterocycles. The molecule has 0 radical (unpaired) electrons. The summed E-state index contributed by atoms with van der Waals surface area (Å²) in [5, 5.41) is 0. The van der Waals surface area contributed by atoms with Gasteiger partial charge in [-0.3, -0.25) is 9.78 Å². The van der Waals surface area contributed by atoms with E-state index in [1.54, 1.807) is 35.4 Å². The van der Waals surface area contributed by atoms with Crippen LogP contribution in [0.1, 0.15) is 16.8 Å². The predicted octanol–water partition coefficient (Wildman–Crippen LogP) is 3.57. The molecular formula is C22H21N3O4. The SMILES string of the molecule is COc1cncc(OC2CCN(C(=O)c3ccc(Oc4ccccc4)cc3)C2)n1. The van der Waals surface area contributed by atoms with Crippen LogP contribution in [-0.4, -0.2) is 47.1 Å². The molecule has 1 saturated heterocycles. The Kier molecular flexibility index (Phi) is 5.56. The highest BCUT2D eigenvalue weighted by Crippen LogP contribution is 2.23. The van der Waals surface area contributed by atoms with Crippen LogP contribution in [0.3, 0.4) is 0 Å². The summed E-state index contributed by atoms with van der Waals surface area (Å²) in [5.74, 6) is 2.20. The minimum absolute atomic E-state index is 0.0286. The van der Waals surface area contributed by atoms with Crippen molar-refractivity contribution in [1.29, 1.82) is 0 Å². The molecule has 2 heterocycles. The Morgan fingerprint density at radius 2 is 1.72 bits per heavy atom. The maximum Gasteiger partial charge on any atom is 0.253 e. The van der Waals surface area contributed by atoms with Crippen LogP contribution in [0.15, 0.2) is 67.0 Å². The highest BCUT2D eigenvalue weighted by atomic mass is 16.5. The van der Waals surface area contributed by atoms with Gasteiger partial charge in [0, 0.05) is 18.5 Å². The van der Waals surface area contributed by atoms with E-state index in [0.717, 1.165) is 12.2 Å². The third-order valence-electron chi connectivity index (χ3n) is 4.60. The maximum absolute atomic E-state index is 12.8.